The Morgan fingerprint density at radius 1 is 1.42 bits per heavy atom. The molecule has 2 N–H and O–H groups in total. The van der Waals surface area contributed by atoms with Gasteiger partial charge in [-0.05, 0) is 57.7 Å². The molecule has 2 aromatic heterocycles. The molecule has 0 bridgehead atoms. The van der Waals surface area contributed by atoms with Crippen LogP contribution in [0.25, 0.3) is 11.5 Å². The molecule has 5 nitrogen and oxygen atoms in total. The van der Waals surface area contributed by atoms with Gasteiger partial charge in [-0.3, -0.25) is 4.98 Å². The van der Waals surface area contributed by atoms with Crippen molar-refractivity contribution in [3.8, 4) is 11.5 Å². The lowest BCUT2D eigenvalue weighted by Crippen LogP contribution is -2.14. The minimum atomic E-state index is 0.199. The Kier molecular flexibility index (Phi) is 5.06. The summed E-state index contributed by atoms with van der Waals surface area (Å²) >= 11 is 6.79. The van der Waals surface area contributed by atoms with Crippen LogP contribution in [0.4, 0.5) is 0 Å². The Morgan fingerprint density at radius 3 is 2.89 bits per heavy atom. The fraction of sp³-hybridized carbons (Fsp3) is 0.417. The van der Waals surface area contributed by atoms with Gasteiger partial charge >= 0.3 is 0 Å². The van der Waals surface area contributed by atoms with E-state index < -0.39 is 0 Å². The van der Waals surface area contributed by atoms with Gasteiger partial charge in [-0.15, -0.1) is 0 Å². The third-order valence-corrected chi connectivity index (χ3v) is 3.58. The molecule has 2 rings (SSSR count). The molecule has 0 amide bonds. The molecule has 102 valence electrons. The zero-order chi connectivity index (χ0) is 13.8. The van der Waals surface area contributed by atoms with Crippen molar-refractivity contribution in [1.82, 2.24) is 15.1 Å². The fourth-order valence-electron chi connectivity index (χ4n) is 1.61. The van der Waals surface area contributed by atoms with E-state index >= 15 is 0 Å². The third kappa shape index (κ3) is 4.09. The number of rotatable bonds is 5. The molecular formula is C12H14Br2N4O. The summed E-state index contributed by atoms with van der Waals surface area (Å²) < 4.78 is 6.93. The lowest BCUT2D eigenvalue weighted by molar-refractivity contribution is 0.373. The molecule has 0 aromatic carbocycles. The van der Waals surface area contributed by atoms with E-state index in [0.717, 1.165) is 28.2 Å². The highest BCUT2D eigenvalue weighted by Gasteiger charge is 2.13. The van der Waals surface area contributed by atoms with Crippen molar-refractivity contribution >= 4 is 31.9 Å². The first-order valence-corrected chi connectivity index (χ1v) is 7.54. The van der Waals surface area contributed by atoms with E-state index in [9.17, 15) is 0 Å². The molecule has 1 atom stereocenters. The Hall–Kier alpha value is -0.790. The van der Waals surface area contributed by atoms with Crippen molar-refractivity contribution in [2.75, 3.05) is 0 Å². The van der Waals surface area contributed by atoms with Crippen molar-refractivity contribution in [1.29, 1.82) is 0 Å². The monoisotopic (exact) mass is 388 g/mol. The summed E-state index contributed by atoms with van der Waals surface area (Å²) in [6.45, 7) is 1.99. The maximum Gasteiger partial charge on any atom is 0.227 e. The first-order valence-electron chi connectivity index (χ1n) is 5.96. The Balaban J connectivity index is 2.08. The molecule has 0 saturated carbocycles. The number of halogens is 2. The summed E-state index contributed by atoms with van der Waals surface area (Å²) in [6, 6.07) is 2.10. The predicted octanol–water partition coefficient (Wildman–Crippen LogP) is 3.33. The van der Waals surface area contributed by atoms with Gasteiger partial charge in [0.05, 0.1) is 0 Å². The van der Waals surface area contributed by atoms with Crippen molar-refractivity contribution in [3.05, 3.63) is 27.1 Å². The summed E-state index contributed by atoms with van der Waals surface area (Å²) in [5.41, 5.74) is 6.37. The minimum Gasteiger partial charge on any atom is -0.339 e. The van der Waals surface area contributed by atoms with E-state index in [4.69, 9.17) is 10.3 Å². The first kappa shape index (κ1) is 14.6. The standard InChI is InChI=1S/C12H14Br2N4O/c1-7(15)3-2-4-10-17-12(18-19-10)11-9(14)5-8(13)6-16-11/h5-7H,2-4,15H2,1H3. The van der Waals surface area contributed by atoms with E-state index in [1.54, 1.807) is 6.20 Å². The van der Waals surface area contributed by atoms with Crippen molar-refractivity contribution < 1.29 is 4.52 Å². The van der Waals surface area contributed by atoms with Crippen LogP contribution in [-0.2, 0) is 6.42 Å². The van der Waals surface area contributed by atoms with Crippen LogP contribution in [0.3, 0.4) is 0 Å². The van der Waals surface area contributed by atoms with Crippen LogP contribution in [0.2, 0.25) is 0 Å². The molecule has 2 heterocycles. The zero-order valence-electron chi connectivity index (χ0n) is 10.4. The number of hydrogen-bond donors (Lipinski definition) is 1. The highest BCUT2D eigenvalue weighted by atomic mass is 79.9. The molecule has 0 radical (unpaired) electrons. The molecule has 1 unspecified atom stereocenters. The molecule has 0 aliphatic carbocycles. The largest absolute Gasteiger partial charge is 0.339 e. The van der Waals surface area contributed by atoms with Crippen LogP contribution in [-0.4, -0.2) is 21.2 Å². The number of aryl methyl sites for hydroxylation is 1. The van der Waals surface area contributed by atoms with Crippen molar-refractivity contribution in [3.63, 3.8) is 0 Å². The maximum absolute atomic E-state index is 5.70. The Morgan fingerprint density at radius 2 is 2.21 bits per heavy atom. The Labute approximate surface area is 128 Å². The van der Waals surface area contributed by atoms with Crippen LogP contribution in [0.1, 0.15) is 25.7 Å². The van der Waals surface area contributed by atoms with Gasteiger partial charge in [-0.1, -0.05) is 5.16 Å². The molecule has 2 aromatic rings. The second-order valence-corrected chi connectivity index (χ2v) is 6.14. The van der Waals surface area contributed by atoms with Crippen LogP contribution >= 0.6 is 31.9 Å². The van der Waals surface area contributed by atoms with Gasteiger partial charge in [0.25, 0.3) is 0 Å². The third-order valence-electron chi connectivity index (χ3n) is 2.54. The van der Waals surface area contributed by atoms with Crippen LogP contribution < -0.4 is 5.73 Å². The molecule has 0 aliphatic rings. The quantitative estimate of drug-likeness (QED) is 0.848. The van der Waals surface area contributed by atoms with E-state index in [1.807, 2.05) is 13.0 Å². The number of aromatic nitrogens is 3. The first-order chi connectivity index (χ1) is 9.06. The SMILES string of the molecule is CC(N)CCCc1nc(-c2ncc(Br)cc2Br)no1. The van der Waals surface area contributed by atoms with Gasteiger partial charge in [-0.2, -0.15) is 4.98 Å². The second-order valence-electron chi connectivity index (χ2n) is 4.37. The van der Waals surface area contributed by atoms with E-state index in [1.165, 1.54) is 0 Å². The average molecular weight is 390 g/mol. The number of pyridine rings is 1. The minimum absolute atomic E-state index is 0.199. The molecular weight excluding hydrogens is 376 g/mol. The number of hydrogen-bond acceptors (Lipinski definition) is 5. The van der Waals surface area contributed by atoms with Gasteiger partial charge < -0.3 is 10.3 Å². The van der Waals surface area contributed by atoms with Gasteiger partial charge in [0, 0.05) is 27.6 Å². The predicted molar refractivity (Wildman–Crippen MR) is 79.5 cm³/mol. The Bertz CT molecular complexity index is 556. The van der Waals surface area contributed by atoms with Crippen molar-refractivity contribution in [2.45, 2.75) is 32.2 Å². The molecule has 0 saturated heterocycles. The molecule has 0 aliphatic heterocycles. The number of nitrogens with two attached hydrogens (primary N) is 1. The van der Waals surface area contributed by atoms with Gasteiger partial charge in [-0.25, -0.2) is 0 Å². The van der Waals surface area contributed by atoms with E-state index in [-0.39, 0.29) is 6.04 Å². The summed E-state index contributed by atoms with van der Waals surface area (Å²) in [4.78, 5) is 8.61. The zero-order valence-corrected chi connectivity index (χ0v) is 13.6. The van der Waals surface area contributed by atoms with Gasteiger partial charge in [0.1, 0.15) is 5.69 Å². The summed E-state index contributed by atoms with van der Waals surface area (Å²) in [7, 11) is 0. The smallest absolute Gasteiger partial charge is 0.227 e. The topological polar surface area (TPSA) is 77.8 Å². The molecule has 0 fully saturated rings. The number of nitrogens with zero attached hydrogens (tertiary/aromatic N) is 3. The highest BCUT2D eigenvalue weighted by molar-refractivity contribution is 9.11. The molecule has 19 heavy (non-hydrogen) atoms. The molecule has 7 heteroatoms. The van der Waals surface area contributed by atoms with Crippen molar-refractivity contribution in [2.24, 2.45) is 5.73 Å². The summed E-state index contributed by atoms with van der Waals surface area (Å²) in [6.07, 6.45) is 4.32. The van der Waals surface area contributed by atoms with E-state index in [0.29, 0.717) is 17.4 Å². The van der Waals surface area contributed by atoms with Gasteiger partial charge in [0.15, 0.2) is 0 Å². The molecule has 0 spiro atoms. The van der Waals surface area contributed by atoms with Crippen LogP contribution in [0, 0.1) is 0 Å². The summed E-state index contributed by atoms with van der Waals surface area (Å²) in [5, 5.41) is 3.95. The normalized spacial score (nSPS) is 12.6. The average Bonchev–Trinajstić information content (AvgIpc) is 2.77. The fourth-order valence-corrected chi connectivity index (χ4v) is 2.77. The van der Waals surface area contributed by atoms with Gasteiger partial charge in [0.2, 0.25) is 11.7 Å². The van der Waals surface area contributed by atoms with E-state index in [2.05, 4.69) is 47.0 Å². The lowest BCUT2D eigenvalue weighted by Gasteiger charge is -2.01. The summed E-state index contributed by atoms with van der Waals surface area (Å²) in [5.74, 6) is 1.11. The van der Waals surface area contributed by atoms with Crippen LogP contribution in [0.5, 0.6) is 0 Å². The highest BCUT2D eigenvalue weighted by Crippen LogP contribution is 2.26. The van der Waals surface area contributed by atoms with Crippen LogP contribution in [0.15, 0.2) is 25.7 Å². The lowest BCUT2D eigenvalue weighted by atomic mass is 10.1. The maximum atomic E-state index is 5.70. The second kappa shape index (κ2) is 6.58.